The van der Waals surface area contributed by atoms with Crippen LogP contribution in [0.4, 0.5) is 0 Å². The maximum atomic E-state index is 5.26. The van der Waals surface area contributed by atoms with Crippen molar-refractivity contribution in [2.24, 2.45) is 0 Å². The lowest BCUT2D eigenvalue weighted by Crippen LogP contribution is -2.44. The molecule has 0 aromatic carbocycles. The lowest BCUT2D eigenvalue weighted by atomic mass is 9.89. The van der Waals surface area contributed by atoms with Crippen molar-refractivity contribution in [3.63, 3.8) is 0 Å². The number of nitrogens with zero attached hydrogens (tertiary/aromatic N) is 2. The monoisotopic (exact) mass is 223 g/mol. The fraction of sp³-hybridized carbons (Fsp3) is 0.750. The number of methoxy groups -OCH3 is 1. The second-order valence-corrected chi connectivity index (χ2v) is 4.45. The Morgan fingerprint density at radius 2 is 2.38 bits per heavy atom. The average molecular weight is 223 g/mol. The minimum absolute atomic E-state index is 0.470. The van der Waals surface area contributed by atoms with Gasteiger partial charge in [0.1, 0.15) is 0 Å². The molecular formula is C12H21N3O. The summed E-state index contributed by atoms with van der Waals surface area (Å²) in [4.78, 5) is 0. The Balaban J connectivity index is 1.75. The maximum Gasteiger partial charge on any atom is 0.0601 e. The van der Waals surface area contributed by atoms with E-state index in [4.69, 9.17) is 4.74 Å². The molecule has 0 saturated heterocycles. The van der Waals surface area contributed by atoms with E-state index < -0.39 is 0 Å². The van der Waals surface area contributed by atoms with Gasteiger partial charge in [-0.2, -0.15) is 5.10 Å². The zero-order valence-corrected chi connectivity index (χ0v) is 10.1. The first kappa shape index (κ1) is 11.6. The summed E-state index contributed by atoms with van der Waals surface area (Å²) in [6.07, 6.45) is 5.75. The molecule has 4 heteroatoms. The number of hydrogen-bond donors (Lipinski definition) is 1. The molecule has 1 aromatic heterocycles. The average Bonchev–Trinajstić information content (AvgIpc) is 2.64. The highest BCUT2D eigenvalue weighted by atomic mass is 16.5. The van der Waals surface area contributed by atoms with E-state index in [1.165, 1.54) is 5.69 Å². The zero-order chi connectivity index (χ0) is 11.4. The summed E-state index contributed by atoms with van der Waals surface area (Å²) in [7, 11) is 1.79. The van der Waals surface area contributed by atoms with Crippen LogP contribution in [0.2, 0.25) is 0 Å². The van der Waals surface area contributed by atoms with Crippen LogP contribution in [-0.2, 0) is 17.8 Å². The predicted molar refractivity (Wildman–Crippen MR) is 63.2 cm³/mol. The SMILES string of the molecule is CCCn1nccc1CNC1CC(OC)C1. The lowest BCUT2D eigenvalue weighted by molar-refractivity contribution is 0.0168. The van der Waals surface area contributed by atoms with E-state index >= 15 is 0 Å². The van der Waals surface area contributed by atoms with Crippen LogP contribution in [0.3, 0.4) is 0 Å². The third-order valence-electron chi connectivity index (χ3n) is 3.24. The predicted octanol–water partition coefficient (Wildman–Crippen LogP) is 1.56. The number of hydrogen-bond acceptors (Lipinski definition) is 3. The summed E-state index contributed by atoms with van der Waals surface area (Å²) >= 11 is 0. The summed E-state index contributed by atoms with van der Waals surface area (Å²) in [5.74, 6) is 0. The van der Waals surface area contributed by atoms with Gasteiger partial charge >= 0.3 is 0 Å². The van der Waals surface area contributed by atoms with Crippen LogP contribution >= 0.6 is 0 Å². The van der Waals surface area contributed by atoms with Gasteiger partial charge in [0.2, 0.25) is 0 Å². The molecule has 0 aliphatic heterocycles. The molecule has 0 unspecified atom stereocenters. The second kappa shape index (κ2) is 5.46. The molecular weight excluding hydrogens is 202 g/mol. The Morgan fingerprint density at radius 3 is 3.06 bits per heavy atom. The third kappa shape index (κ3) is 2.62. The van der Waals surface area contributed by atoms with Gasteiger partial charge in [-0.05, 0) is 25.3 Å². The number of rotatable bonds is 6. The molecule has 1 N–H and O–H groups in total. The van der Waals surface area contributed by atoms with Gasteiger partial charge in [0, 0.05) is 32.4 Å². The van der Waals surface area contributed by atoms with Crippen molar-refractivity contribution in [1.82, 2.24) is 15.1 Å². The summed E-state index contributed by atoms with van der Waals surface area (Å²) in [5, 5.41) is 7.85. The van der Waals surface area contributed by atoms with Crippen molar-refractivity contribution >= 4 is 0 Å². The molecule has 1 aliphatic rings. The highest BCUT2D eigenvalue weighted by Gasteiger charge is 2.28. The lowest BCUT2D eigenvalue weighted by Gasteiger charge is -2.34. The normalized spacial score (nSPS) is 24.4. The van der Waals surface area contributed by atoms with Gasteiger partial charge < -0.3 is 10.1 Å². The van der Waals surface area contributed by atoms with E-state index in [-0.39, 0.29) is 0 Å². The molecule has 2 rings (SSSR count). The van der Waals surface area contributed by atoms with Crippen molar-refractivity contribution < 1.29 is 4.74 Å². The van der Waals surface area contributed by atoms with E-state index in [0.29, 0.717) is 12.1 Å². The molecule has 0 bridgehead atoms. The molecule has 1 saturated carbocycles. The highest BCUT2D eigenvalue weighted by Crippen LogP contribution is 2.22. The first-order chi connectivity index (χ1) is 7.83. The van der Waals surface area contributed by atoms with Crippen molar-refractivity contribution in [3.05, 3.63) is 18.0 Å². The Labute approximate surface area is 97.0 Å². The quantitative estimate of drug-likeness (QED) is 0.795. The Bertz CT molecular complexity index is 318. The van der Waals surface area contributed by atoms with Gasteiger partial charge in [-0.1, -0.05) is 6.92 Å². The van der Waals surface area contributed by atoms with Gasteiger partial charge in [-0.3, -0.25) is 4.68 Å². The van der Waals surface area contributed by atoms with Gasteiger partial charge in [0.25, 0.3) is 0 Å². The van der Waals surface area contributed by atoms with Crippen LogP contribution < -0.4 is 5.32 Å². The van der Waals surface area contributed by atoms with Crippen molar-refractivity contribution in [1.29, 1.82) is 0 Å². The van der Waals surface area contributed by atoms with Crippen LogP contribution in [0.15, 0.2) is 12.3 Å². The molecule has 0 radical (unpaired) electrons. The molecule has 0 atom stereocenters. The Hall–Kier alpha value is -0.870. The van der Waals surface area contributed by atoms with E-state index in [1.807, 2.05) is 6.20 Å². The molecule has 1 fully saturated rings. The van der Waals surface area contributed by atoms with Gasteiger partial charge in [0.05, 0.1) is 11.8 Å². The Morgan fingerprint density at radius 1 is 1.56 bits per heavy atom. The van der Waals surface area contributed by atoms with Crippen LogP contribution in [0.1, 0.15) is 31.9 Å². The fourth-order valence-corrected chi connectivity index (χ4v) is 2.10. The molecule has 90 valence electrons. The highest BCUT2D eigenvalue weighted by molar-refractivity contribution is 5.01. The summed E-state index contributed by atoms with van der Waals surface area (Å²) < 4.78 is 7.34. The van der Waals surface area contributed by atoms with Gasteiger partial charge in [-0.15, -0.1) is 0 Å². The van der Waals surface area contributed by atoms with Crippen molar-refractivity contribution in [2.75, 3.05) is 7.11 Å². The summed E-state index contributed by atoms with van der Waals surface area (Å²) in [5.41, 5.74) is 1.28. The van der Waals surface area contributed by atoms with E-state index in [1.54, 1.807) is 7.11 Å². The topological polar surface area (TPSA) is 39.1 Å². The minimum Gasteiger partial charge on any atom is -0.381 e. The number of aryl methyl sites for hydroxylation is 1. The smallest absolute Gasteiger partial charge is 0.0601 e. The van der Waals surface area contributed by atoms with Gasteiger partial charge in [-0.25, -0.2) is 0 Å². The van der Waals surface area contributed by atoms with Crippen molar-refractivity contribution in [2.45, 2.75) is 51.4 Å². The standard InChI is InChI=1S/C12H21N3O/c1-3-6-15-11(4-5-14-15)9-13-10-7-12(8-10)16-2/h4-5,10,12-13H,3,6-9H2,1-2H3. The zero-order valence-electron chi connectivity index (χ0n) is 10.1. The Kier molecular flexibility index (Phi) is 3.96. The minimum atomic E-state index is 0.470. The first-order valence-electron chi connectivity index (χ1n) is 6.10. The molecule has 0 spiro atoms. The molecule has 1 aliphatic carbocycles. The van der Waals surface area contributed by atoms with Gasteiger partial charge in [0.15, 0.2) is 0 Å². The number of aromatic nitrogens is 2. The van der Waals surface area contributed by atoms with Crippen LogP contribution in [-0.4, -0.2) is 29.0 Å². The molecule has 1 aromatic rings. The third-order valence-corrected chi connectivity index (χ3v) is 3.24. The maximum absolute atomic E-state index is 5.26. The molecule has 4 nitrogen and oxygen atoms in total. The van der Waals surface area contributed by atoms with E-state index in [9.17, 15) is 0 Å². The largest absolute Gasteiger partial charge is 0.381 e. The van der Waals surface area contributed by atoms with E-state index in [2.05, 4.69) is 28.1 Å². The van der Waals surface area contributed by atoms with Crippen LogP contribution in [0.5, 0.6) is 0 Å². The second-order valence-electron chi connectivity index (χ2n) is 4.45. The summed E-state index contributed by atoms with van der Waals surface area (Å²) in [6.45, 7) is 4.10. The fourth-order valence-electron chi connectivity index (χ4n) is 2.10. The number of nitrogens with one attached hydrogen (secondary N) is 1. The van der Waals surface area contributed by atoms with Crippen LogP contribution in [0.25, 0.3) is 0 Å². The molecule has 16 heavy (non-hydrogen) atoms. The first-order valence-corrected chi connectivity index (χ1v) is 6.10. The molecule has 0 amide bonds. The van der Waals surface area contributed by atoms with Crippen molar-refractivity contribution in [3.8, 4) is 0 Å². The van der Waals surface area contributed by atoms with E-state index in [0.717, 1.165) is 32.4 Å². The van der Waals surface area contributed by atoms with Crippen LogP contribution in [0, 0.1) is 0 Å². The number of ether oxygens (including phenoxy) is 1. The molecule has 1 heterocycles. The summed E-state index contributed by atoms with van der Waals surface area (Å²) in [6, 6.07) is 2.71.